The van der Waals surface area contributed by atoms with Crippen LogP contribution in [0.3, 0.4) is 0 Å². The second-order valence-electron chi connectivity index (χ2n) is 5.32. The highest BCUT2D eigenvalue weighted by Crippen LogP contribution is 2.14. The van der Waals surface area contributed by atoms with Gasteiger partial charge in [-0.3, -0.25) is 9.69 Å². The van der Waals surface area contributed by atoms with Crippen molar-refractivity contribution in [1.82, 2.24) is 10.2 Å². The molecule has 21 heavy (non-hydrogen) atoms. The number of carbonyl (C=O) groups is 1. The Morgan fingerprint density at radius 1 is 1.48 bits per heavy atom. The third-order valence-electron chi connectivity index (χ3n) is 3.72. The predicted octanol–water partition coefficient (Wildman–Crippen LogP) is 1.70. The van der Waals surface area contributed by atoms with Crippen molar-refractivity contribution >= 4 is 17.2 Å². The van der Waals surface area contributed by atoms with E-state index in [-0.39, 0.29) is 12.5 Å². The summed E-state index contributed by atoms with van der Waals surface area (Å²) in [5.74, 6) is 5.36. The fourth-order valence-corrected chi connectivity index (χ4v) is 3.23. The van der Waals surface area contributed by atoms with Gasteiger partial charge in [0, 0.05) is 18.0 Å². The number of hydrogen-bond donors (Lipinski definition) is 2. The van der Waals surface area contributed by atoms with Crippen molar-refractivity contribution in [3.8, 4) is 11.8 Å². The third-order valence-corrected chi connectivity index (χ3v) is 4.57. The highest BCUT2D eigenvalue weighted by molar-refractivity contribution is 7.10. The monoisotopic (exact) mass is 306 g/mol. The molecule has 1 saturated heterocycles. The van der Waals surface area contributed by atoms with E-state index in [0.717, 1.165) is 18.0 Å². The van der Waals surface area contributed by atoms with Crippen molar-refractivity contribution < 1.29 is 9.90 Å². The van der Waals surface area contributed by atoms with Gasteiger partial charge in [-0.2, -0.15) is 0 Å². The highest BCUT2D eigenvalue weighted by Gasteiger charge is 2.17. The molecule has 0 bridgehead atoms. The Morgan fingerprint density at radius 3 is 2.95 bits per heavy atom. The maximum absolute atomic E-state index is 12.1. The molecule has 5 heteroatoms. The number of amides is 1. The van der Waals surface area contributed by atoms with Gasteiger partial charge < -0.3 is 10.4 Å². The SMILES string of the molecule is CC(CNC(=O)c1csc(C#CCO)c1)N1CCCCC1. The van der Waals surface area contributed by atoms with Gasteiger partial charge in [0.2, 0.25) is 0 Å². The number of nitrogens with zero attached hydrogens (tertiary/aromatic N) is 1. The fraction of sp³-hybridized carbons (Fsp3) is 0.562. The molecule has 1 amide bonds. The number of hydrogen-bond acceptors (Lipinski definition) is 4. The molecule has 1 aromatic rings. The van der Waals surface area contributed by atoms with Crippen LogP contribution in [-0.2, 0) is 0 Å². The second-order valence-corrected chi connectivity index (χ2v) is 6.23. The first-order valence-corrected chi connectivity index (χ1v) is 8.29. The molecule has 1 aromatic heterocycles. The Labute approximate surface area is 130 Å². The zero-order chi connectivity index (χ0) is 15.1. The summed E-state index contributed by atoms with van der Waals surface area (Å²) in [7, 11) is 0. The van der Waals surface area contributed by atoms with E-state index in [0.29, 0.717) is 18.2 Å². The van der Waals surface area contributed by atoms with E-state index in [9.17, 15) is 4.79 Å². The summed E-state index contributed by atoms with van der Waals surface area (Å²) in [6.45, 7) is 4.95. The molecule has 2 heterocycles. The lowest BCUT2D eigenvalue weighted by Gasteiger charge is -2.32. The van der Waals surface area contributed by atoms with Gasteiger partial charge in [0.05, 0.1) is 10.4 Å². The molecule has 4 nitrogen and oxygen atoms in total. The summed E-state index contributed by atoms with van der Waals surface area (Å²) in [5.41, 5.74) is 0.646. The molecule has 1 atom stereocenters. The van der Waals surface area contributed by atoms with Gasteiger partial charge in [0.15, 0.2) is 0 Å². The molecular formula is C16H22N2O2S. The Balaban J connectivity index is 1.82. The summed E-state index contributed by atoms with van der Waals surface area (Å²) in [4.78, 5) is 15.3. The Hall–Kier alpha value is -1.35. The molecule has 1 fully saturated rings. The summed E-state index contributed by atoms with van der Waals surface area (Å²) in [6, 6.07) is 2.15. The molecule has 0 spiro atoms. The van der Waals surface area contributed by atoms with Gasteiger partial charge >= 0.3 is 0 Å². The average Bonchev–Trinajstić information content (AvgIpc) is 3.00. The van der Waals surface area contributed by atoms with Gasteiger partial charge in [0.1, 0.15) is 6.61 Å². The largest absolute Gasteiger partial charge is 0.384 e. The van der Waals surface area contributed by atoms with Crippen LogP contribution in [0.15, 0.2) is 11.4 Å². The Kier molecular flexibility index (Phi) is 6.24. The molecular weight excluding hydrogens is 284 g/mol. The van der Waals surface area contributed by atoms with E-state index in [4.69, 9.17) is 5.11 Å². The number of thiophene rings is 1. The van der Waals surface area contributed by atoms with Crippen LogP contribution in [-0.4, -0.2) is 48.2 Å². The van der Waals surface area contributed by atoms with E-state index >= 15 is 0 Å². The summed E-state index contributed by atoms with van der Waals surface area (Å²) in [5, 5.41) is 13.5. The molecule has 2 rings (SSSR count). The maximum Gasteiger partial charge on any atom is 0.252 e. The number of rotatable bonds is 4. The molecule has 1 aliphatic rings. The Morgan fingerprint density at radius 2 is 2.24 bits per heavy atom. The van der Waals surface area contributed by atoms with Crippen molar-refractivity contribution in [3.05, 3.63) is 21.9 Å². The lowest BCUT2D eigenvalue weighted by Crippen LogP contribution is -2.44. The molecule has 1 unspecified atom stereocenters. The van der Waals surface area contributed by atoms with Crippen LogP contribution in [0.25, 0.3) is 0 Å². The second kappa shape index (κ2) is 8.18. The van der Waals surface area contributed by atoms with Crippen LogP contribution in [0.4, 0.5) is 0 Å². The number of carbonyl (C=O) groups excluding carboxylic acids is 1. The van der Waals surface area contributed by atoms with Crippen molar-refractivity contribution in [2.24, 2.45) is 0 Å². The van der Waals surface area contributed by atoms with Crippen LogP contribution in [0, 0.1) is 11.8 Å². The summed E-state index contributed by atoms with van der Waals surface area (Å²) >= 11 is 1.42. The van der Waals surface area contributed by atoms with Crippen molar-refractivity contribution in [2.75, 3.05) is 26.2 Å². The molecule has 2 N–H and O–H groups in total. The van der Waals surface area contributed by atoms with Crippen molar-refractivity contribution in [3.63, 3.8) is 0 Å². The normalized spacial score (nSPS) is 16.9. The van der Waals surface area contributed by atoms with Gasteiger partial charge in [-0.1, -0.05) is 18.3 Å². The first kappa shape index (κ1) is 16.0. The highest BCUT2D eigenvalue weighted by atomic mass is 32.1. The lowest BCUT2D eigenvalue weighted by atomic mass is 10.1. The summed E-state index contributed by atoms with van der Waals surface area (Å²) in [6.07, 6.45) is 3.84. The van der Waals surface area contributed by atoms with E-state index in [1.165, 1.54) is 30.6 Å². The van der Waals surface area contributed by atoms with Crippen LogP contribution in [0.2, 0.25) is 0 Å². The minimum absolute atomic E-state index is 0.0489. The number of aliphatic hydroxyl groups excluding tert-OH is 1. The van der Waals surface area contributed by atoms with Gasteiger partial charge in [-0.05, 0) is 38.9 Å². The molecule has 0 saturated carbocycles. The number of aliphatic hydroxyl groups is 1. The first-order chi connectivity index (χ1) is 10.2. The molecule has 0 aliphatic carbocycles. The lowest BCUT2D eigenvalue weighted by molar-refractivity contribution is 0.0930. The standard InChI is InChI=1S/C16H22N2O2S/c1-13(18-7-3-2-4-8-18)11-17-16(20)14-10-15(21-12-14)6-5-9-19/h10,12-13,19H,2-4,7-9,11H2,1H3,(H,17,20). The third kappa shape index (κ3) is 4.85. The minimum atomic E-state index is -0.160. The quantitative estimate of drug-likeness (QED) is 0.833. The van der Waals surface area contributed by atoms with E-state index < -0.39 is 0 Å². The van der Waals surface area contributed by atoms with Gasteiger partial charge in [-0.15, -0.1) is 11.3 Å². The molecule has 0 radical (unpaired) electrons. The van der Waals surface area contributed by atoms with Crippen molar-refractivity contribution in [2.45, 2.75) is 32.2 Å². The van der Waals surface area contributed by atoms with Crippen LogP contribution >= 0.6 is 11.3 Å². The number of nitrogens with one attached hydrogen (secondary N) is 1. The Bertz CT molecular complexity index is 524. The van der Waals surface area contributed by atoms with Crippen LogP contribution < -0.4 is 5.32 Å². The zero-order valence-corrected chi connectivity index (χ0v) is 13.2. The fourth-order valence-electron chi connectivity index (χ4n) is 2.48. The first-order valence-electron chi connectivity index (χ1n) is 7.41. The van der Waals surface area contributed by atoms with E-state index in [2.05, 4.69) is 29.0 Å². The van der Waals surface area contributed by atoms with Gasteiger partial charge in [-0.25, -0.2) is 0 Å². The molecule has 0 aromatic carbocycles. The van der Waals surface area contributed by atoms with Gasteiger partial charge in [0.25, 0.3) is 5.91 Å². The van der Waals surface area contributed by atoms with Crippen molar-refractivity contribution in [1.29, 1.82) is 0 Å². The minimum Gasteiger partial charge on any atom is -0.384 e. The summed E-state index contributed by atoms with van der Waals surface area (Å²) < 4.78 is 0. The molecule has 114 valence electrons. The van der Waals surface area contributed by atoms with E-state index in [1.54, 1.807) is 6.07 Å². The predicted molar refractivity (Wildman–Crippen MR) is 85.5 cm³/mol. The van der Waals surface area contributed by atoms with Crippen LogP contribution in [0.1, 0.15) is 41.4 Å². The van der Waals surface area contributed by atoms with Crippen LogP contribution in [0.5, 0.6) is 0 Å². The number of piperidine rings is 1. The maximum atomic E-state index is 12.1. The zero-order valence-electron chi connectivity index (χ0n) is 12.4. The molecule has 1 aliphatic heterocycles. The topological polar surface area (TPSA) is 52.6 Å². The average molecular weight is 306 g/mol. The number of likely N-dealkylation sites (tertiary alicyclic amines) is 1. The van der Waals surface area contributed by atoms with E-state index in [1.807, 2.05) is 5.38 Å². The smallest absolute Gasteiger partial charge is 0.252 e.